The highest BCUT2D eigenvalue weighted by Gasteiger charge is 2.43. The van der Waals surface area contributed by atoms with Crippen LogP contribution in [0.5, 0.6) is 0 Å². The van der Waals surface area contributed by atoms with Crippen LogP contribution in [0.1, 0.15) is 43.2 Å². The normalized spacial score (nSPS) is 21.5. The molecule has 0 bridgehead atoms. The van der Waals surface area contributed by atoms with Gasteiger partial charge in [-0.05, 0) is 56.0 Å². The van der Waals surface area contributed by atoms with Crippen molar-refractivity contribution in [2.45, 2.75) is 39.0 Å². The van der Waals surface area contributed by atoms with Gasteiger partial charge in [0.05, 0.1) is 5.92 Å². The molecule has 4 rings (SSSR count). The lowest BCUT2D eigenvalue weighted by Gasteiger charge is -2.36. The fraction of sp³-hybridized carbons (Fsp3) is 0.292. The van der Waals surface area contributed by atoms with E-state index >= 15 is 0 Å². The van der Waals surface area contributed by atoms with Crippen molar-refractivity contribution in [3.63, 3.8) is 0 Å². The van der Waals surface area contributed by atoms with E-state index in [0.29, 0.717) is 23.4 Å². The highest BCUT2D eigenvalue weighted by molar-refractivity contribution is 6.14. The van der Waals surface area contributed by atoms with Crippen LogP contribution >= 0.6 is 0 Å². The molecule has 1 fully saturated rings. The number of rotatable bonds is 3. The van der Waals surface area contributed by atoms with Crippen LogP contribution in [-0.4, -0.2) is 17.4 Å². The number of nitrogens with one attached hydrogen (secondary N) is 1. The Morgan fingerprint density at radius 2 is 1.86 bits per heavy atom. The quantitative estimate of drug-likeness (QED) is 0.806. The smallest absolute Gasteiger partial charge is 0.254 e. The third-order valence-corrected chi connectivity index (χ3v) is 5.76. The van der Waals surface area contributed by atoms with E-state index in [1.165, 1.54) is 12.1 Å². The third kappa shape index (κ3) is 3.65. The summed E-state index contributed by atoms with van der Waals surface area (Å²) in [7, 11) is 0. The summed E-state index contributed by atoms with van der Waals surface area (Å²) in [6.45, 7) is 3.81. The second-order valence-electron chi connectivity index (χ2n) is 7.70. The number of amides is 1. The average Bonchev–Trinajstić information content (AvgIpc) is 2.67. The maximum atomic E-state index is 13.6. The summed E-state index contributed by atoms with van der Waals surface area (Å²) in [5.74, 6) is -1.43. The summed E-state index contributed by atoms with van der Waals surface area (Å²) in [6.07, 6.45) is 2.07. The predicted octanol–water partition coefficient (Wildman–Crippen LogP) is 4.95. The van der Waals surface area contributed by atoms with Crippen LogP contribution in [0, 0.1) is 18.7 Å². The molecule has 29 heavy (non-hydrogen) atoms. The van der Waals surface area contributed by atoms with Crippen molar-refractivity contribution in [2.24, 2.45) is 10.9 Å². The summed E-state index contributed by atoms with van der Waals surface area (Å²) >= 11 is 0. The molecule has 1 amide bonds. The first kappa shape index (κ1) is 19.2. The molecule has 2 aromatic carbocycles. The lowest BCUT2D eigenvalue weighted by Crippen LogP contribution is -2.40. The standard InChI is InChI=1S/C24H23FN2O2/c1-14-7-3-4-10-18(14)22-21(24(29)27-17-9-5-8-16(25)13-17)15(2)26-19-11-6-12-20(28)23(19)22/h3-5,7-10,13,22-23H,6,11-12H2,1-2H3,(H,27,29)/t22-,23?/m1/s1. The van der Waals surface area contributed by atoms with Gasteiger partial charge < -0.3 is 5.32 Å². The van der Waals surface area contributed by atoms with E-state index in [4.69, 9.17) is 0 Å². The van der Waals surface area contributed by atoms with E-state index in [2.05, 4.69) is 10.3 Å². The number of nitrogens with zero attached hydrogens (tertiary/aromatic N) is 1. The molecule has 148 valence electrons. The monoisotopic (exact) mass is 390 g/mol. The van der Waals surface area contributed by atoms with Gasteiger partial charge in [0, 0.05) is 35.0 Å². The topological polar surface area (TPSA) is 58.5 Å². The highest BCUT2D eigenvalue weighted by Crippen LogP contribution is 2.43. The molecule has 0 radical (unpaired) electrons. The summed E-state index contributed by atoms with van der Waals surface area (Å²) < 4.78 is 13.6. The van der Waals surface area contributed by atoms with E-state index in [-0.39, 0.29) is 17.6 Å². The van der Waals surface area contributed by atoms with Crippen molar-refractivity contribution < 1.29 is 14.0 Å². The lowest BCUT2D eigenvalue weighted by atomic mass is 9.68. The number of aliphatic imine (C=N–C) groups is 1. The van der Waals surface area contributed by atoms with Gasteiger partial charge in [-0.15, -0.1) is 0 Å². The summed E-state index contributed by atoms with van der Waals surface area (Å²) in [5, 5.41) is 2.80. The highest BCUT2D eigenvalue weighted by atomic mass is 19.1. The second kappa shape index (κ2) is 7.74. The Kier molecular flexibility index (Phi) is 5.14. The summed E-state index contributed by atoms with van der Waals surface area (Å²) in [6, 6.07) is 13.6. The maximum Gasteiger partial charge on any atom is 0.254 e. The van der Waals surface area contributed by atoms with Crippen LogP contribution in [0.4, 0.5) is 10.1 Å². The van der Waals surface area contributed by atoms with E-state index in [1.54, 1.807) is 12.1 Å². The van der Waals surface area contributed by atoms with Crippen LogP contribution in [0.3, 0.4) is 0 Å². The van der Waals surface area contributed by atoms with Crippen molar-refractivity contribution >= 4 is 23.1 Å². The van der Waals surface area contributed by atoms with Crippen LogP contribution in [-0.2, 0) is 9.59 Å². The molecule has 2 aliphatic rings. The minimum atomic E-state index is -0.421. The molecule has 0 saturated heterocycles. The number of hydrogen-bond acceptors (Lipinski definition) is 3. The zero-order valence-electron chi connectivity index (χ0n) is 16.5. The maximum absolute atomic E-state index is 13.6. The number of Topliss-reactive ketones (excluding diaryl/α,β-unsaturated/α-hetero) is 1. The van der Waals surface area contributed by atoms with Gasteiger partial charge in [-0.1, -0.05) is 30.3 Å². The van der Waals surface area contributed by atoms with Gasteiger partial charge in [0.1, 0.15) is 11.6 Å². The molecule has 1 N–H and O–H groups in total. The Morgan fingerprint density at radius 3 is 2.62 bits per heavy atom. The minimum Gasteiger partial charge on any atom is -0.322 e. The average molecular weight is 390 g/mol. The Balaban J connectivity index is 1.81. The molecule has 1 heterocycles. The van der Waals surface area contributed by atoms with Gasteiger partial charge in [-0.2, -0.15) is 0 Å². The summed E-state index contributed by atoms with van der Waals surface area (Å²) in [5.41, 5.74) is 4.34. The molecule has 2 atom stereocenters. The molecular formula is C24H23FN2O2. The molecule has 0 aromatic heterocycles. The molecule has 4 nitrogen and oxygen atoms in total. The Morgan fingerprint density at radius 1 is 1.07 bits per heavy atom. The van der Waals surface area contributed by atoms with Crippen molar-refractivity contribution in [3.05, 3.63) is 76.7 Å². The molecule has 1 unspecified atom stereocenters. The fourth-order valence-corrected chi connectivity index (χ4v) is 4.45. The van der Waals surface area contributed by atoms with Gasteiger partial charge in [0.2, 0.25) is 0 Å². The first-order valence-corrected chi connectivity index (χ1v) is 9.89. The van der Waals surface area contributed by atoms with Crippen molar-refractivity contribution in [3.8, 4) is 0 Å². The van der Waals surface area contributed by atoms with Crippen LogP contribution < -0.4 is 5.32 Å². The van der Waals surface area contributed by atoms with Crippen molar-refractivity contribution in [1.82, 2.24) is 0 Å². The molecule has 1 aliphatic carbocycles. The number of anilines is 1. The molecule has 1 aliphatic heterocycles. The Hall–Kier alpha value is -3.08. The van der Waals surface area contributed by atoms with E-state index in [0.717, 1.165) is 29.7 Å². The van der Waals surface area contributed by atoms with Crippen molar-refractivity contribution in [2.75, 3.05) is 5.32 Å². The fourth-order valence-electron chi connectivity index (χ4n) is 4.45. The number of carbonyl (C=O) groups excluding carboxylic acids is 2. The van der Waals surface area contributed by atoms with E-state index < -0.39 is 11.7 Å². The SMILES string of the molecule is CC1=C(C(=O)Nc2cccc(F)c2)[C@@H](c2ccccc2C)C2C(=O)CCCC2=N1. The molecule has 5 heteroatoms. The second-order valence-corrected chi connectivity index (χ2v) is 7.70. The zero-order valence-corrected chi connectivity index (χ0v) is 16.5. The number of fused-ring (bicyclic) bond motifs is 1. The van der Waals surface area contributed by atoms with Crippen LogP contribution in [0.25, 0.3) is 0 Å². The van der Waals surface area contributed by atoms with Gasteiger partial charge in [0.15, 0.2) is 0 Å². The van der Waals surface area contributed by atoms with Crippen molar-refractivity contribution in [1.29, 1.82) is 0 Å². The number of halogens is 1. The minimum absolute atomic E-state index is 0.131. The molecular weight excluding hydrogens is 367 g/mol. The molecule has 0 spiro atoms. The van der Waals surface area contributed by atoms with Gasteiger partial charge in [0.25, 0.3) is 5.91 Å². The number of allylic oxidation sites excluding steroid dienone is 1. The van der Waals surface area contributed by atoms with Gasteiger partial charge in [-0.25, -0.2) is 4.39 Å². The van der Waals surface area contributed by atoms with Gasteiger partial charge in [-0.3, -0.25) is 14.6 Å². The number of benzene rings is 2. The number of ketones is 1. The lowest BCUT2D eigenvalue weighted by molar-refractivity contribution is -0.122. The number of carbonyl (C=O) groups is 2. The van der Waals surface area contributed by atoms with Crippen LogP contribution in [0.2, 0.25) is 0 Å². The van der Waals surface area contributed by atoms with E-state index in [1.807, 2.05) is 38.1 Å². The zero-order chi connectivity index (χ0) is 20.5. The van der Waals surface area contributed by atoms with Crippen LogP contribution in [0.15, 0.2) is 64.8 Å². The Labute approximate surface area is 169 Å². The summed E-state index contributed by atoms with van der Waals surface area (Å²) in [4.78, 5) is 30.9. The predicted molar refractivity (Wildman–Crippen MR) is 111 cm³/mol. The first-order valence-electron chi connectivity index (χ1n) is 9.89. The van der Waals surface area contributed by atoms with Gasteiger partial charge >= 0.3 is 0 Å². The number of hydrogen-bond donors (Lipinski definition) is 1. The molecule has 2 aromatic rings. The van der Waals surface area contributed by atoms with E-state index in [9.17, 15) is 14.0 Å². The Bertz CT molecular complexity index is 1050. The largest absolute Gasteiger partial charge is 0.322 e. The molecule has 1 saturated carbocycles. The third-order valence-electron chi connectivity index (χ3n) is 5.76. The number of aryl methyl sites for hydroxylation is 1. The first-order chi connectivity index (χ1) is 14.0.